The molecule has 2 N–H and O–H groups in total. The van der Waals surface area contributed by atoms with E-state index < -0.39 is 6.04 Å². The van der Waals surface area contributed by atoms with E-state index in [1.165, 1.54) is 41.6 Å². The summed E-state index contributed by atoms with van der Waals surface area (Å²) < 4.78 is 20.3. The second kappa shape index (κ2) is 11.7. The van der Waals surface area contributed by atoms with Gasteiger partial charge in [0, 0.05) is 24.8 Å². The van der Waals surface area contributed by atoms with Crippen molar-refractivity contribution in [1.29, 1.82) is 0 Å². The Morgan fingerprint density at radius 2 is 1.68 bits per heavy atom. The van der Waals surface area contributed by atoms with Crippen LogP contribution < -0.4 is 15.4 Å². The van der Waals surface area contributed by atoms with Gasteiger partial charge >= 0.3 is 0 Å². The molecule has 0 saturated carbocycles. The summed E-state index contributed by atoms with van der Waals surface area (Å²) in [6.07, 6.45) is 3.33. The van der Waals surface area contributed by atoms with Gasteiger partial charge in [-0.25, -0.2) is 14.1 Å². The van der Waals surface area contributed by atoms with Gasteiger partial charge in [0.1, 0.15) is 42.6 Å². The zero-order chi connectivity index (χ0) is 26.3. The second-order valence-corrected chi connectivity index (χ2v) is 9.02. The summed E-state index contributed by atoms with van der Waals surface area (Å²) in [4.78, 5) is 31.9. The maximum atomic E-state index is 13.3. The van der Waals surface area contributed by atoms with Gasteiger partial charge in [0.25, 0.3) is 0 Å². The molecule has 0 radical (unpaired) electrons. The third-order valence-electron chi connectivity index (χ3n) is 6.30. The molecule has 2 heterocycles. The van der Waals surface area contributed by atoms with Crippen LogP contribution >= 0.6 is 0 Å². The number of aromatic nitrogens is 3. The van der Waals surface area contributed by atoms with Crippen molar-refractivity contribution in [3.05, 3.63) is 103 Å². The van der Waals surface area contributed by atoms with Crippen LogP contribution in [0.5, 0.6) is 11.5 Å². The van der Waals surface area contributed by atoms with Crippen LogP contribution in [0.3, 0.4) is 0 Å². The molecule has 1 aromatic heterocycles. The highest BCUT2D eigenvalue weighted by Gasteiger charge is 2.39. The Kier molecular flexibility index (Phi) is 7.70. The lowest BCUT2D eigenvalue weighted by Crippen LogP contribution is -2.44. The van der Waals surface area contributed by atoms with E-state index in [1.807, 2.05) is 30.3 Å². The average Bonchev–Trinajstić information content (AvgIpc) is 3.61. The lowest BCUT2D eigenvalue weighted by molar-refractivity contribution is -0.137. The first-order valence-electron chi connectivity index (χ1n) is 12.3. The molecule has 9 nitrogen and oxygen atoms in total. The maximum absolute atomic E-state index is 13.3. The zero-order valence-electron chi connectivity index (χ0n) is 20.5. The molecule has 194 valence electrons. The van der Waals surface area contributed by atoms with Gasteiger partial charge in [-0.3, -0.25) is 9.59 Å². The minimum absolute atomic E-state index is 0.00457. The van der Waals surface area contributed by atoms with Crippen molar-refractivity contribution in [2.24, 2.45) is 0 Å². The van der Waals surface area contributed by atoms with Crippen molar-refractivity contribution in [3.8, 4) is 11.5 Å². The minimum Gasteiger partial charge on any atom is -0.457 e. The molecule has 4 aromatic rings. The monoisotopic (exact) mass is 514 g/mol. The molecule has 1 fully saturated rings. The third-order valence-corrected chi connectivity index (χ3v) is 6.30. The van der Waals surface area contributed by atoms with Gasteiger partial charge in [0.05, 0.1) is 0 Å². The van der Waals surface area contributed by atoms with E-state index in [9.17, 15) is 14.0 Å². The maximum Gasteiger partial charge on any atom is 0.247 e. The number of anilines is 1. The molecule has 2 amide bonds. The molecule has 3 aromatic carbocycles. The first-order valence-corrected chi connectivity index (χ1v) is 12.3. The van der Waals surface area contributed by atoms with E-state index in [2.05, 4.69) is 20.7 Å². The molecule has 0 unspecified atom stereocenters. The lowest BCUT2D eigenvalue weighted by Gasteiger charge is -2.24. The van der Waals surface area contributed by atoms with E-state index in [-0.39, 0.29) is 30.2 Å². The Morgan fingerprint density at radius 1 is 0.974 bits per heavy atom. The predicted molar refractivity (Wildman–Crippen MR) is 139 cm³/mol. The van der Waals surface area contributed by atoms with Crippen LogP contribution in [-0.4, -0.2) is 50.1 Å². The third kappa shape index (κ3) is 6.40. The van der Waals surface area contributed by atoms with Gasteiger partial charge in [-0.15, -0.1) is 0 Å². The number of carbonyl (C=O) groups is 2. The average molecular weight is 515 g/mol. The fourth-order valence-electron chi connectivity index (χ4n) is 4.38. The second-order valence-electron chi connectivity index (χ2n) is 9.02. The number of amides is 2. The number of halogens is 1. The molecule has 1 aliphatic heterocycles. The highest BCUT2D eigenvalue weighted by molar-refractivity contribution is 5.97. The Balaban J connectivity index is 1.24. The summed E-state index contributed by atoms with van der Waals surface area (Å²) in [6, 6.07) is 21.9. The Morgan fingerprint density at radius 3 is 2.37 bits per heavy atom. The minimum atomic E-state index is -0.644. The van der Waals surface area contributed by atoms with Crippen molar-refractivity contribution >= 4 is 17.5 Å². The molecule has 5 rings (SSSR count). The van der Waals surface area contributed by atoms with Gasteiger partial charge in [0.2, 0.25) is 11.8 Å². The first kappa shape index (κ1) is 25.1. The van der Waals surface area contributed by atoms with Crippen molar-refractivity contribution in [2.45, 2.75) is 31.6 Å². The number of likely N-dealkylation sites (tertiary alicyclic amines) is 1. The number of nitrogens with zero attached hydrogens (tertiary/aromatic N) is 4. The number of benzene rings is 3. The van der Waals surface area contributed by atoms with Crippen molar-refractivity contribution in [2.75, 3.05) is 11.9 Å². The van der Waals surface area contributed by atoms with E-state index in [0.717, 1.165) is 5.56 Å². The van der Waals surface area contributed by atoms with Crippen LogP contribution in [0.2, 0.25) is 0 Å². The molecular formula is C28H27FN6O3. The number of hydrogen-bond acceptors (Lipinski definition) is 6. The number of nitrogens with one attached hydrogen (secondary N) is 2. The number of hydrogen-bond donors (Lipinski definition) is 2. The molecule has 0 bridgehead atoms. The molecule has 10 heteroatoms. The number of carbonyl (C=O) groups excluding carboxylic acids is 2. The smallest absolute Gasteiger partial charge is 0.247 e. The van der Waals surface area contributed by atoms with Crippen molar-refractivity contribution in [3.63, 3.8) is 0 Å². The number of rotatable bonds is 9. The van der Waals surface area contributed by atoms with Crippen LogP contribution in [0.25, 0.3) is 0 Å². The van der Waals surface area contributed by atoms with Crippen LogP contribution in [-0.2, 0) is 22.7 Å². The van der Waals surface area contributed by atoms with Gasteiger partial charge in [-0.05, 0) is 60.5 Å². The fourth-order valence-corrected chi connectivity index (χ4v) is 4.38. The summed E-state index contributed by atoms with van der Waals surface area (Å²) in [5, 5.41) is 10.4. The Hall–Kier alpha value is -4.57. The Labute approximate surface area is 219 Å². The summed E-state index contributed by atoms with van der Waals surface area (Å²) >= 11 is 0. The van der Waals surface area contributed by atoms with Crippen molar-refractivity contribution < 1.29 is 18.7 Å². The van der Waals surface area contributed by atoms with E-state index in [0.29, 0.717) is 36.7 Å². The fraction of sp³-hybridized carbons (Fsp3) is 0.214. The van der Waals surface area contributed by atoms with Gasteiger partial charge in [-0.1, -0.05) is 30.3 Å². The highest BCUT2D eigenvalue weighted by atomic mass is 19.1. The normalized spacial score (nSPS) is 16.8. The molecule has 1 saturated heterocycles. The van der Waals surface area contributed by atoms with Gasteiger partial charge < -0.3 is 20.3 Å². The van der Waals surface area contributed by atoms with E-state index in [4.69, 9.17) is 4.74 Å². The molecule has 2 atom stereocenters. The molecule has 0 aliphatic carbocycles. The molecule has 0 spiro atoms. The zero-order valence-corrected chi connectivity index (χ0v) is 20.5. The molecular weight excluding hydrogens is 487 g/mol. The summed E-state index contributed by atoms with van der Waals surface area (Å²) in [6.45, 7) is 1.05. The lowest BCUT2D eigenvalue weighted by atomic mass is 10.1. The SMILES string of the molecule is O=C(Nc1ccc(Oc2ccc(F)cc2)cc1)[C@@H]1C[C@H](NCc2ccccc2)CN1C(=O)Cn1cncn1. The van der Waals surface area contributed by atoms with Gasteiger partial charge in [0.15, 0.2) is 0 Å². The first-order chi connectivity index (χ1) is 18.5. The largest absolute Gasteiger partial charge is 0.457 e. The van der Waals surface area contributed by atoms with E-state index in [1.54, 1.807) is 29.2 Å². The number of ether oxygens (including phenoxy) is 1. The topological polar surface area (TPSA) is 101 Å². The molecule has 38 heavy (non-hydrogen) atoms. The van der Waals surface area contributed by atoms with Crippen LogP contribution in [0.15, 0.2) is 91.5 Å². The van der Waals surface area contributed by atoms with Gasteiger partial charge in [-0.2, -0.15) is 5.10 Å². The van der Waals surface area contributed by atoms with Crippen LogP contribution in [0.1, 0.15) is 12.0 Å². The summed E-state index contributed by atoms with van der Waals surface area (Å²) in [7, 11) is 0. The predicted octanol–water partition coefficient (Wildman–Crippen LogP) is 3.61. The van der Waals surface area contributed by atoms with Crippen LogP contribution in [0, 0.1) is 5.82 Å². The standard InChI is InChI=1S/C28H27FN6O3/c29-21-6-10-24(11-7-21)38-25-12-8-22(9-13-25)33-28(37)26-14-23(31-15-20-4-2-1-3-5-20)16-35(26)27(36)17-34-19-30-18-32-34/h1-13,18-19,23,26,31H,14-17H2,(H,33,37)/t23-,26-/m0/s1. The highest BCUT2D eigenvalue weighted by Crippen LogP contribution is 2.25. The quantitative estimate of drug-likeness (QED) is 0.354. The molecule has 1 aliphatic rings. The van der Waals surface area contributed by atoms with Crippen LogP contribution in [0.4, 0.5) is 10.1 Å². The summed E-state index contributed by atoms with van der Waals surface area (Å²) in [5.41, 5.74) is 1.70. The summed E-state index contributed by atoms with van der Waals surface area (Å²) in [5.74, 6) is 0.236. The van der Waals surface area contributed by atoms with E-state index >= 15 is 0 Å². The van der Waals surface area contributed by atoms with Crippen molar-refractivity contribution in [1.82, 2.24) is 25.0 Å². The Bertz CT molecular complexity index is 1350.